The van der Waals surface area contributed by atoms with Gasteiger partial charge in [-0.25, -0.2) is 4.98 Å². The molecule has 1 amide bonds. The van der Waals surface area contributed by atoms with Crippen molar-refractivity contribution in [3.63, 3.8) is 0 Å². The molecule has 1 heterocycles. The van der Waals surface area contributed by atoms with Crippen LogP contribution in [0.4, 0.5) is 5.69 Å². The minimum absolute atomic E-state index is 0.0290. The zero-order valence-electron chi connectivity index (χ0n) is 16.1. The van der Waals surface area contributed by atoms with Gasteiger partial charge in [0.2, 0.25) is 5.91 Å². The van der Waals surface area contributed by atoms with Crippen LogP contribution in [0.3, 0.4) is 0 Å². The quantitative estimate of drug-likeness (QED) is 0.469. The molecule has 1 atom stereocenters. The SMILES string of the molecule is CC(=O)N(C)c1ccc(SC(CCc2ccc(Cl)cc2)Cn2ccnc2)cc1. The van der Waals surface area contributed by atoms with E-state index in [1.807, 2.05) is 54.7 Å². The molecule has 3 aromatic rings. The van der Waals surface area contributed by atoms with E-state index in [0.717, 1.165) is 30.1 Å². The van der Waals surface area contributed by atoms with Crippen molar-refractivity contribution in [3.05, 3.63) is 77.8 Å². The first-order chi connectivity index (χ1) is 13.5. The lowest BCUT2D eigenvalue weighted by atomic mass is 10.1. The Morgan fingerprint density at radius 2 is 1.89 bits per heavy atom. The number of hydrogen-bond acceptors (Lipinski definition) is 3. The Kier molecular flexibility index (Phi) is 7.18. The number of thioether (sulfide) groups is 1. The molecule has 6 heteroatoms. The lowest BCUT2D eigenvalue weighted by Crippen LogP contribution is -2.22. The molecule has 0 N–H and O–H groups in total. The highest BCUT2D eigenvalue weighted by molar-refractivity contribution is 8.00. The van der Waals surface area contributed by atoms with Crippen LogP contribution < -0.4 is 4.90 Å². The molecule has 1 aromatic heterocycles. The highest BCUT2D eigenvalue weighted by Crippen LogP contribution is 2.29. The van der Waals surface area contributed by atoms with Crippen LogP contribution in [0.2, 0.25) is 5.02 Å². The number of benzene rings is 2. The minimum Gasteiger partial charge on any atom is -0.336 e. The second kappa shape index (κ2) is 9.80. The van der Waals surface area contributed by atoms with Gasteiger partial charge in [-0.3, -0.25) is 4.79 Å². The topological polar surface area (TPSA) is 38.1 Å². The van der Waals surface area contributed by atoms with E-state index < -0.39 is 0 Å². The molecule has 0 aliphatic carbocycles. The van der Waals surface area contributed by atoms with Gasteiger partial charge in [0.05, 0.1) is 6.33 Å². The standard InChI is InChI=1S/C22H24ClN3OS/c1-17(27)25(2)20-8-11-21(12-9-20)28-22(15-26-14-13-24-16-26)10-5-18-3-6-19(23)7-4-18/h3-4,6-9,11-14,16,22H,5,10,15H2,1-2H3. The first-order valence-electron chi connectivity index (χ1n) is 9.22. The van der Waals surface area contributed by atoms with Gasteiger partial charge in [0.25, 0.3) is 0 Å². The van der Waals surface area contributed by atoms with Gasteiger partial charge in [-0.1, -0.05) is 23.7 Å². The van der Waals surface area contributed by atoms with Crippen molar-refractivity contribution in [1.82, 2.24) is 9.55 Å². The summed E-state index contributed by atoms with van der Waals surface area (Å²) >= 11 is 7.85. The molecular formula is C22H24ClN3OS. The number of hydrogen-bond donors (Lipinski definition) is 0. The molecule has 3 rings (SSSR count). The number of anilines is 1. The predicted octanol–water partition coefficient (Wildman–Crippen LogP) is 5.31. The van der Waals surface area contributed by atoms with Gasteiger partial charge in [-0.15, -0.1) is 11.8 Å². The molecular weight excluding hydrogens is 390 g/mol. The Labute approximate surface area is 175 Å². The van der Waals surface area contributed by atoms with E-state index >= 15 is 0 Å². The normalized spacial score (nSPS) is 12.0. The number of nitrogens with zero attached hydrogens (tertiary/aromatic N) is 3. The summed E-state index contributed by atoms with van der Waals surface area (Å²) in [6.07, 6.45) is 7.71. The first kappa shape index (κ1) is 20.5. The number of carbonyl (C=O) groups excluding carboxylic acids is 1. The van der Waals surface area contributed by atoms with E-state index in [9.17, 15) is 4.79 Å². The number of amides is 1. The summed E-state index contributed by atoms with van der Waals surface area (Å²) < 4.78 is 2.12. The predicted molar refractivity (Wildman–Crippen MR) is 117 cm³/mol. The van der Waals surface area contributed by atoms with Crippen LogP contribution in [0.15, 0.2) is 72.1 Å². The van der Waals surface area contributed by atoms with Crippen molar-refractivity contribution >= 4 is 35.0 Å². The Bertz CT molecular complexity index is 879. The molecule has 0 spiro atoms. The number of halogens is 1. The third kappa shape index (κ3) is 5.88. The van der Waals surface area contributed by atoms with Crippen LogP contribution >= 0.6 is 23.4 Å². The van der Waals surface area contributed by atoms with Gasteiger partial charge in [-0.2, -0.15) is 0 Å². The van der Waals surface area contributed by atoms with Gasteiger partial charge >= 0.3 is 0 Å². The summed E-state index contributed by atoms with van der Waals surface area (Å²) in [5.41, 5.74) is 2.20. The van der Waals surface area contributed by atoms with Crippen molar-refractivity contribution in [1.29, 1.82) is 0 Å². The summed E-state index contributed by atoms with van der Waals surface area (Å²) in [7, 11) is 1.79. The summed E-state index contributed by atoms with van der Waals surface area (Å²) in [5, 5.41) is 1.17. The minimum atomic E-state index is 0.0290. The average molecular weight is 414 g/mol. The van der Waals surface area contributed by atoms with E-state index in [0.29, 0.717) is 5.25 Å². The first-order valence-corrected chi connectivity index (χ1v) is 10.5. The van der Waals surface area contributed by atoms with E-state index in [-0.39, 0.29) is 5.91 Å². The monoisotopic (exact) mass is 413 g/mol. The summed E-state index contributed by atoms with van der Waals surface area (Å²) in [5.74, 6) is 0.0290. The second-order valence-electron chi connectivity index (χ2n) is 6.74. The van der Waals surface area contributed by atoms with Gasteiger partial charge in [0, 0.05) is 53.8 Å². The molecule has 4 nitrogen and oxygen atoms in total. The molecule has 0 aliphatic heterocycles. The molecule has 0 fully saturated rings. The van der Waals surface area contributed by atoms with Crippen LogP contribution in [-0.4, -0.2) is 27.8 Å². The van der Waals surface area contributed by atoms with Crippen molar-refractivity contribution in [2.24, 2.45) is 0 Å². The third-order valence-electron chi connectivity index (χ3n) is 4.64. The largest absolute Gasteiger partial charge is 0.336 e. The molecule has 0 bridgehead atoms. The van der Waals surface area contributed by atoms with Gasteiger partial charge in [0.1, 0.15) is 0 Å². The van der Waals surface area contributed by atoms with E-state index in [1.54, 1.807) is 18.9 Å². The number of aryl methyl sites for hydroxylation is 1. The van der Waals surface area contributed by atoms with Crippen LogP contribution in [-0.2, 0) is 17.8 Å². The fourth-order valence-electron chi connectivity index (χ4n) is 2.92. The van der Waals surface area contributed by atoms with Crippen molar-refractivity contribution in [3.8, 4) is 0 Å². The second-order valence-corrected chi connectivity index (χ2v) is 8.55. The summed E-state index contributed by atoms with van der Waals surface area (Å²) in [6.45, 7) is 2.47. The van der Waals surface area contributed by atoms with Crippen LogP contribution in [0.1, 0.15) is 18.9 Å². The fraction of sp³-hybridized carbons (Fsp3) is 0.273. The zero-order chi connectivity index (χ0) is 19.9. The van der Waals surface area contributed by atoms with Crippen molar-refractivity contribution in [2.75, 3.05) is 11.9 Å². The Morgan fingerprint density at radius 1 is 1.18 bits per heavy atom. The van der Waals surface area contributed by atoms with Gasteiger partial charge in [0.15, 0.2) is 0 Å². The third-order valence-corrected chi connectivity index (χ3v) is 6.16. The molecule has 0 aliphatic rings. The average Bonchev–Trinajstić information content (AvgIpc) is 3.20. The van der Waals surface area contributed by atoms with Crippen LogP contribution in [0.5, 0.6) is 0 Å². The highest BCUT2D eigenvalue weighted by Gasteiger charge is 2.13. The van der Waals surface area contributed by atoms with Crippen LogP contribution in [0, 0.1) is 0 Å². The zero-order valence-corrected chi connectivity index (χ0v) is 17.7. The number of rotatable bonds is 8. The van der Waals surface area contributed by atoms with E-state index in [4.69, 9.17) is 11.6 Å². The maximum absolute atomic E-state index is 11.5. The summed E-state index contributed by atoms with van der Waals surface area (Å²) in [4.78, 5) is 18.5. The lowest BCUT2D eigenvalue weighted by molar-refractivity contribution is -0.116. The number of imidazole rings is 1. The molecule has 0 saturated heterocycles. The van der Waals surface area contributed by atoms with Crippen molar-refractivity contribution in [2.45, 2.75) is 36.5 Å². The smallest absolute Gasteiger partial charge is 0.223 e. The number of carbonyl (C=O) groups is 1. The molecule has 0 radical (unpaired) electrons. The maximum atomic E-state index is 11.5. The number of aromatic nitrogens is 2. The lowest BCUT2D eigenvalue weighted by Gasteiger charge is -2.19. The molecule has 0 saturated carbocycles. The van der Waals surface area contributed by atoms with E-state index in [2.05, 4.69) is 33.8 Å². The van der Waals surface area contributed by atoms with E-state index in [1.165, 1.54) is 10.5 Å². The molecule has 146 valence electrons. The van der Waals surface area contributed by atoms with Gasteiger partial charge in [-0.05, 0) is 54.8 Å². The summed E-state index contributed by atoms with van der Waals surface area (Å²) in [6, 6.07) is 16.2. The molecule has 2 aromatic carbocycles. The maximum Gasteiger partial charge on any atom is 0.223 e. The Balaban J connectivity index is 1.67. The van der Waals surface area contributed by atoms with Gasteiger partial charge < -0.3 is 9.47 Å². The molecule has 1 unspecified atom stereocenters. The Morgan fingerprint density at radius 3 is 2.50 bits per heavy atom. The highest BCUT2D eigenvalue weighted by atomic mass is 35.5. The van der Waals surface area contributed by atoms with Crippen molar-refractivity contribution < 1.29 is 4.79 Å². The Hall–Kier alpha value is -2.24. The van der Waals surface area contributed by atoms with Crippen LogP contribution in [0.25, 0.3) is 0 Å². The molecule has 28 heavy (non-hydrogen) atoms. The fourth-order valence-corrected chi connectivity index (χ4v) is 4.21.